The Labute approximate surface area is 112 Å². The molecule has 1 aromatic rings. The molecule has 1 N–H and O–H groups in total. The van der Waals surface area contributed by atoms with Crippen LogP contribution in [0.15, 0.2) is 18.2 Å². The molecule has 0 atom stereocenters. The Morgan fingerprint density at radius 3 is 2.42 bits per heavy atom. The molecule has 0 spiro atoms. The van der Waals surface area contributed by atoms with Gasteiger partial charge in [-0.25, -0.2) is 4.79 Å². The van der Waals surface area contributed by atoms with Crippen LogP contribution in [0, 0.1) is 6.92 Å². The monoisotopic (exact) mass is 265 g/mol. The van der Waals surface area contributed by atoms with Crippen LogP contribution in [0.25, 0.3) is 0 Å². The van der Waals surface area contributed by atoms with Gasteiger partial charge in [-0.3, -0.25) is 4.79 Å². The van der Waals surface area contributed by atoms with Gasteiger partial charge in [0.15, 0.2) is 6.61 Å². The van der Waals surface area contributed by atoms with Crippen molar-refractivity contribution in [1.29, 1.82) is 0 Å². The number of aryl methyl sites for hydroxylation is 1. The molecule has 0 aliphatic heterocycles. The van der Waals surface area contributed by atoms with Crippen LogP contribution < -0.4 is 4.74 Å². The van der Waals surface area contributed by atoms with Gasteiger partial charge in [0.2, 0.25) is 0 Å². The summed E-state index contributed by atoms with van der Waals surface area (Å²) in [5.41, 5.74) is 0.952. The number of amides is 1. The quantitative estimate of drug-likeness (QED) is 0.853. The maximum Gasteiger partial charge on any atom is 0.335 e. The number of nitrogens with zero attached hydrogens (tertiary/aromatic N) is 1. The molecule has 0 heterocycles. The molecule has 0 aliphatic carbocycles. The van der Waals surface area contributed by atoms with Gasteiger partial charge in [-0.2, -0.15) is 0 Å². The van der Waals surface area contributed by atoms with Crippen molar-refractivity contribution < 1.29 is 19.4 Å². The van der Waals surface area contributed by atoms with Crippen molar-refractivity contribution >= 4 is 11.9 Å². The third-order valence-corrected chi connectivity index (χ3v) is 2.90. The van der Waals surface area contributed by atoms with Crippen LogP contribution in [-0.4, -0.2) is 41.6 Å². The molecule has 5 nitrogen and oxygen atoms in total. The number of rotatable bonds is 6. The average Bonchev–Trinajstić information content (AvgIpc) is 2.38. The Morgan fingerprint density at radius 1 is 1.26 bits per heavy atom. The first-order chi connectivity index (χ1) is 8.99. The van der Waals surface area contributed by atoms with Crippen molar-refractivity contribution in [2.45, 2.75) is 20.8 Å². The van der Waals surface area contributed by atoms with Crippen molar-refractivity contribution in [3.05, 3.63) is 29.3 Å². The van der Waals surface area contributed by atoms with E-state index < -0.39 is 5.97 Å². The lowest BCUT2D eigenvalue weighted by Crippen LogP contribution is -2.34. The van der Waals surface area contributed by atoms with Gasteiger partial charge >= 0.3 is 5.97 Å². The predicted molar refractivity (Wildman–Crippen MR) is 71.6 cm³/mol. The second-order valence-corrected chi connectivity index (χ2v) is 4.14. The van der Waals surface area contributed by atoms with E-state index in [0.29, 0.717) is 18.8 Å². The van der Waals surface area contributed by atoms with Crippen LogP contribution >= 0.6 is 0 Å². The van der Waals surface area contributed by atoms with E-state index in [1.54, 1.807) is 11.0 Å². The molecule has 0 fully saturated rings. The van der Waals surface area contributed by atoms with E-state index in [0.717, 1.165) is 5.56 Å². The molecule has 0 saturated carbocycles. The minimum absolute atomic E-state index is 0.0778. The van der Waals surface area contributed by atoms with Crippen LogP contribution in [0.4, 0.5) is 0 Å². The third-order valence-electron chi connectivity index (χ3n) is 2.90. The predicted octanol–water partition coefficient (Wildman–Crippen LogP) is 1.94. The molecule has 0 unspecified atom stereocenters. The molecular weight excluding hydrogens is 246 g/mol. The second-order valence-electron chi connectivity index (χ2n) is 4.14. The molecule has 1 amide bonds. The Hall–Kier alpha value is -2.04. The van der Waals surface area contributed by atoms with Gasteiger partial charge in [-0.15, -0.1) is 0 Å². The molecule has 0 bridgehead atoms. The normalized spacial score (nSPS) is 10.1. The summed E-state index contributed by atoms with van der Waals surface area (Å²) in [5.74, 6) is -0.689. The number of hydrogen-bond donors (Lipinski definition) is 1. The summed E-state index contributed by atoms with van der Waals surface area (Å²) < 4.78 is 5.42. The van der Waals surface area contributed by atoms with E-state index in [9.17, 15) is 9.59 Å². The largest absolute Gasteiger partial charge is 0.483 e. The number of hydrogen-bond acceptors (Lipinski definition) is 3. The highest BCUT2D eigenvalue weighted by Crippen LogP contribution is 2.19. The van der Waals surface area contributed by atoms with Gasteiger partial charge < -0.3 is 14.7 Å². The Balaban J connectivity index is 2.74. The minimum Gasteiger partial charge on any atom is -0.483 e. The Bertz CT molecular complexity index is 467. The molecule has 0 saturated heterocycles. The summed E-state index contributed by atoms with van der Waals surface area (Å²) in [7, 11) is 0. The lowest BCUT2D eigenvalue weighted by Gasteiger charge is -2.19. The molecule has 0 aromatic heterocycles. The number of likely N-dealkylation sites (N-methyl/N-ethyl adjacent to an activating group) is 1. The third kappa shape index (κ3) is 3.98. The highest BCUT2D eigenvalue weighted by Gasteiger charge is 2.12. The van der Waals surface area contributed by atoms with Gasteiger partial charge in [-0.1, -0.05) is 6.07 Å². The van der Waals surface area contributed by atoms with Crippen LogP contribution in [0.1, 0.15) is 29.8 Å². The fraction of sp³-hybridized carbons (Fsp3) is 0.429. The minimum atomic E-state index is -1.01. The maximum atomic E-state index is 11.8. The van der Waals surface area contributed by atoms with Crippen LogP contribution in [-0.2, 0) is 4.79 Å². The van der Waals surface area contributed by atoms with Crippen molar-refractivity contribution in [2.75, 3.05) is 19.7 Å². The molecule has 1 aromatic carbocycles. The van der Waals surface area contributed by atoms with Gasteiger partial charge in [0.1, 0.15) is 5.75 Å². The number of carboxylic acid groups (broad SMARTS) is 1. The maximum absolute atomic E-state index is 11.8. The zero-order valence-electron chi connectivity index (χ0n) is 11.5. The zero-order chi connectivity index (χ0) is 14.4. The van der Waals surface area contributed by atoms with E-state index >= 15 is 0 Å². The summed E-state index contributed by atoms with van der Waals surface area (Å²) in [6, 6.07) is 4.62. The SMILES string of the molecule is CCN(CC)C(=O)COc1cc(C(=O)O)ccc1C. The molecule has 104 valence electrons. The number of carbonyl (C=O) groups excluding carboxylic acids is 1. The fourth-order valence-corrected chi connectivity index (χ4v) is 1.70. The summed E-state index contributed by atoms with van der Waals surface area (Å²) in [6.45, 7) is 6.80. The number of ether oxygens (including phenoxy) is 1. The summed E-state index contributed by atoms with van der Waals surface area (Å²) >= 11 is 0. The van der Waals surface area contributed by atoms with E-state index in [-0.39, 0.29) is 18.1 Å². The van der Waals surface area contributed by atoms with Gasteiger partial charge in [0, 0.05) is 13.1 Å². The summed E-state index contributed by atoms with van der Waals surface area (Å²) in [6.07, 6.45) is 0. The molecule has 0 radical (unpaired) electrons. The van der Waals surface area contributed by atoms with E-state index in [2.05, 4.69) is 0 Å². The van der Waals surface area contributed by atoms with Crippen molar-refractivity contribution in [3.63, 3.8) is 0 Å². The van der Waals surface area contributed by atoms with Gasteiger partial charge in [0.05, 0.1) is 5.56 Å². The number of carboxylic acids is 1. The highest BCUT2D eigenvalue weighted by molar-refractivity contribution is 5.88. The molecule has 5 heteroatoms. The first-order valence-corrected chi connectivity index (χ1v) is 6.24. The van der Waals surface area contributed by atoms with Crippen molar-refractivity contribution in [1.82, 2.24) is 4.90 Å². The van der Waals surface area contributed by atoms with Gasteiger partial charge in [0.25, 0.3) is 5.91 Å². The lowest BCUT2D eigenvalue weighted by molar-refractivity contribution is -0.132. The van der Waals surface area contributed by atoms with Crippen LogP contribution in [0.2, 0.25) is 0 Å². The lowest BCUT2D eigenvalue weighted by atomic mass is 10.1. The first-order valence-electron chi connectivity index (χ1n) is 6.24. The Morgan fingerprint density at radius 2 is 1.89 bits per heavy atom. The number of carbonyl (C=O) groups is 2. The first kappa shape index (κ1) is 15.0. The molecule has 1 rings (SSSR count). The standard InChI is InChI=1S/C14H19NO4/c1-4-15(5-2)13(16)9-19-12-8-11(14(17)18)7-6-10(12)3/h6-8H,4-5,9H2,1-3H3,(H,17,18). The number of aromatic carboxylic acids is 1. The number of benzene rings is 1. The Kier molecular flexibility index (Phi) is 5.36. The van der Waals surface area contributed by atoms with Gasteiger partial charge in [-0.05, 0) is 38.5 Å². The topological polar surface area (TPSA) is 66.8 Å². The smallest absolute Gasteiger partial charge is 0.335 e. The molecule has 19 heavy (non-hydrogen) atoms. The fourth-order valence-electron chi connectivity index (χ4n) is 1.70. The highest BCUT2D eigenvalue weighted by atomic mass is 16.5. The van der Waals surface area contributed by atoms with E-state index in [1.807, 2.05) is 20.8 Å². The van der Waals surface area contributed by atoms with Crippen LogP contribution in [0.5, 0.6) is 5.75 Å². The van der Waals surface area contributed by atoms with Crippen LogP contribution in [0.3, 0.4) is 0 Å². The summed E-state index contributed by atoms with van der Waals surface area (Å²) in [4.78, 5) is 24.3. The van der Waals surface area contributed by atoms with Crippen molar-refractivity contribution in [2.24, 2.45) is 0 Å². The average molecular weight is 265 g/mol. The van der Waals surface area contributed by atoms with Crippen molar-refractivity contribution in [3.8, 4) is 5.75 Å². The zero-order valence-corrected chi connectivity index (χ0v) is 11.5. The molecular formula is C14H19NO4. The van der Waals surface area contributed by atoms with E-state index in [1.165, 1.54) is 12.1 Å². The second kappa shape index (κ2) is 6.78. The molecule has 0 aliphatic rings. The van der Waals surface area contributed by atoms with E-state index in [4.69, 9.17) is 9.84 Å². The summed E-state index contributed by atoms with van der Waals surface area (Å²) in [5, 5.41) is 8.91.